The molecule has 0 amide bonds. The Kier molecular flexibility index (Phi) is 7.84. The van der Waals surface area contributed by atoms with E-state index in [0.29, 0.717) is 0 Å². The van der Waals surface area contributed by atoms with Gasteiger partial charge in [0.2, 0.25) is 0 Å². The van der Waals surface area contributed by atoms with Crippen molar-refractivity contribution in [2.75, 3.05) is 39.8 Å². The van der Waals surface area contributed by atoms with Gasteiger partial charge in [-0.15, -0.1) is 0 Å². The van der Waals surface area contributed by atoms with E-state index in [0.717, 1.165) is 5.75 Å². The zero-order chi connectivity index (χ0) is 14.3. The lowest BCUT2D eigenvalue weighted by molar-refractivity contribution is -0.140. The van der Waals surface area contributed by atoms with Crippen molar-refractivity contribution in [1.29, 1.82) is 0 Å². The van der Waals surface area contributed by atoms with Gasteiger partial charge in [-0.25, -0.2) is 0 Å². The second-order valence-corrected chi connectivity index (χ2v) is 6.98. The van der Waals surface area contributed by atoms with E-state index in [1.54, 1.807) is 18.8 Å². The smallest absolute Gasteiger partial charge is 0.306 e. The van der Waals surface area contributed by atoms with Gasteiger partial charge in [0.05, 0.1) is 13.5 Å². The summed E-state index contributed by atoms with van der Waals surface area (Å²) in [4.78, 5) is 11.0. The number of carbonyl (C=O) groups is 1. The van der Waals surface area contributed by atoms with E-state index in [1.165, 1.54) is 22.8 Å². The molecule has 6 nitrogen and oxygen atoms in total. The van der Waals surface area contributed by atoms with Crippen LogP contribution in [0.5, 0.6) is 0 Å². The van der Waals surface area contributed by atoms with E-state index in [1.807, 2.05) is 13.2 Å². The molecule has 0 aliphatic carbocycles. The first-order chi connectivity index (χ1) is 8.27. The van der Waals surface area contributed by atoms with E-state index >= 15 is 0 Å². The maximum atomic E-state index is 12.1. The molecular weight excluding hydrogens is 276 g/mol. The minimum absolute atomic E-state index is 0.0526. The second-order valence-electron chi connectivity index (χ2n) is 3.98. The van der Waals surface area contributed by atoms with Crippen LogP contribution in [0.25, 0.3) is 0 Å². The van der Waals surface area contributed by atoms with Gasteiger partial charge in [-0.2, -0.15) is 28.8 Å². The first-order valence-corrected chi connectivity index (χ1v) is 8.31. The van der Waals surface area contributed by atoms with Gasteiger partial charge in [-0.05, 0) is 13.2 Å². The first-order valence-electron chi connectivity index (χ1n) is 5.52. The van der Waals surface area contributed by atoms with E-state index in [4.69, 9.17) is 0 Å². The zero-order valence-corrected chi connectivity index (χ0v) is 13.2. The Morgan fingerprint density at radius 3 is 2.39 bits per heavy atom. The van der Waals surface area contributed by atoms with Gasteiger partial charge >= 0.3 is 5.97 Å². The zero-order valence-electron chi connectivity index (χ0n) is 11.5. The summed E-state index contributed by atoms with van der Waals surface area (Å²) in [7, 11) is 0.768. The van der Waals surface area contributed by atoms with Crippen LogP contribution in [0.3, 0.4) is 0 Å². The Labute approximate surface area is 114 Å². The molecule has 0 saturated carbocycles. The number of thioether (sulfide) groups is 1. The number of ether oxygens (including phenoxy) is 1. The van der Waals surface area contributed by atoms with Crippen LogP contribution in [0.15, 0.2) is 0 Å². The molecule has 0 rings (SSSR count). The van der Waals surface area contributed by atoms with Crippen LogP contribution in [0.1, 0.15) is 13.3 Å². The van der Waals surface area contributed by atoms with Crippen LogP contribution in [0, 0.1) is 0 Å². The Morgan fingerprint density at radius 1 is 1.39 bits per heavy atom. The van der Waals surface area contributed by atoms with Gasteiger partial charge in [-0.3, -0.25) is 4.79 Å². The fourth-order valence-corrected chi connectivity index (χ4v) is 3.35. The number of hydrogen-bond acceptors (Lipinski definition) is 5. The molecule has 108 valence electrons. The maximum Gasteiger partial charge on any atom is 0.306 e. The van der Waals surface area contributed by atoms with Crippen molar-refractivity contribution in [2.45, 2.75) is 19.4 Å². The third-order valence-corrected chi connectivity index (χ3v) is 5.52. The Hall–Kier alpha value is -0.310. The molecule has 1 unspecified atom stereocenters. The normalized spacial score (nSPS) is 13.9. The first kappa shape index (κ1) is 17.7. The van der Waals surface area contributed by atoms with Crippen molar-refractivity contribution in [3.05, 3.63) is 0 Å². The fourth-order valence-electron chi connectivity index (χ4n) is 1.26. The molecule has 18 heavy (non-hydrogen) atoms. The molecule has 0 radical (unpaired) electrons. The van der Waals surface area contributed by atoms with Crippen molar-refractivity contribution in [1.82, 2.24) is 8.61 Å². The minimum Gasteiger partial charge on any atom is -0.469 e. The van der Waals surface area contributed by atoms with E-state index in [-0.39, 0.29) is 19.0 Å². The van der Waals surface area contributed by atoms with Crippen molar-refractivity contribution in [2.24, 2.45) is 0 Å². The minimum atomic E-state index is -3.52. The summed E-state index contributed by atoms with van der Waals surface area (Å²) in [5, 5.41) is 0. The van der Waals surface area contributed by atoms with Crippen LogP contribution in [-0.2, 0) is 19.7 Å². The van der Waals surface area contributed by atoms with Gasteiger partial charge in [0.1, 0.15) is 0 Å². The summed E-state index contributed by atoms with van der Waals surface area (Å²) in [5.41, 5.74) is 0. The van der Waals surface area contributed by atoms with E-state index in [2.05, 4.69) is 4.74 Å². The Bertz CT molecular complexity index is 359. The third kappa shape index (κ3) is 5.13. The molecule has 0 spiro atoms. The van der Waals surface area contributed by atoms with Gasteiger partial charge < -0.3 is 4.74 Å². The average molecular weight is 298 g/mol. The summed E-state index contributed by atoms with van der Waals surface area (Å²) < 4.78 is 31.2. The quantitative estimate of drug-likeness (QED) is 0.607. The topological polar surface area (TPSA) is 66.9 Å². The Morgan fingerprint density at radius 2 is 1.94 bits per heavy atom. The maximum absolute atomic E-state index is 12.1. The summed E-state index contributed by atoms with van der Waals surface area (Å²) >= 11 is 1.59. The molecule has 0 bridgehead atoms. The average Bonchev–Trinajstić information content (AvgIpc) is 2.34. The molecule has 0 aromatic heterocycles. The van der Waals surface area contributed by atoms with Crippen LogP contribution < -0.4 is 0 Å². The van der Waals surface area contributed by atoms with Crippen LogP contribution in [0.4, 0.5) is 0 Å². The number of hydrogen-bond donors (Lipinski definition) is 0. The predicted octanol–water partition coefficient (Wildman–Crippen LogP) is 0.409. The monoisotopic (exact) mass is 298 g/mol. The summed E-state index contributed by atoms with van der Waals surface area (Å²) in [5.74, 6) is 0.303. The lowest BCUT2D eigenvalue weighted by atomic mass is 10.4. The molecule has 0 N–H and O–H groups in total. The molecule has 0 saturated heterocycles. The van der Waals surface area contributed by atoms with Crippen LogP contribution >= 0.6 is 11.8 Å². The second kappa shape index (κ2) is 7.98. The predicted molar refractivity (Wildman–Crippen MR) is 73.8 cm³/mol. The van der Waals surface area contributed by atoms with Crippen molar-refractivity contribution in [3.63, 3.8) is 0 Å². The molecule has 8 heteroatoms. The van der Waals surface area contributed by atoms with E-state index in [9.17, 15) is 13.2 Å². The summed E-state index contributed by atoms with van der Waals surface area (Å²) in [6, 6.07) is -0.0921. The number of carbonyl (C=O) groups excluding carboxylic acids is 1. The molecule has 0 heterocycles. The number of methoxy groups -OCH3 is 1. The molecule has 0 aliphatic heterocycles. The molecular formula is C10H22N2O4S2. The standard InChI is InChI=1S/C10H22N2O4S2/c1-9(8-17-5)12(3)18(14,15)11(2)7-6-10(13)16-4/h9H,6-8H2,1-5H3. The molecule has 0 aromatic rings. The van der Waals surface area contributed by atoms with Crippen molar-refractivity contribution < 1.29 is 17.9 Å². The molecule has 0 aromatic carbocycles. The lowest BCUT2D eigenvalue weighted by Gasteiger charge is -2.28. The highest BCUT2D eigenvalue weighted by molar-refractivity contribution is 7.98. The summed E-state index contributed by atoms with van der Waals surface area (Å²) in [6.07, 6.45) is 1.98. The van der Waals surface area contributed by atoms with E-state index < -0.39 is 16.2 Å². The lowest BCUT2D eigenvalue weighted by Crippen LogP contribution is -2.45. The summed E-state index contributed by atoms with van der Waals surface area (Å²) in [6.45, 7) is 1.97. The number of esters is 1. The van der Waals surface area contributed by atoms with Gasteiger partial charge in [-0.1, -0.05) is 0 Å². The van der Waals surface area contributed by atoms with Gasteiger partial charge in [0.15, 0.2) is 0 Å². The molecule has 0 aliphatic rings. The van der Waals surface area contributed by atoms with Gasteiger partial charge in [0.25, 0.3) is 10.2 Å². The highest BCUT2D eigenvalue weighted by Gasteiger charge is 2.27. The highest BCUT2D eigenvalue weighted by atomic mass is 32.2. The van der Waals surface area contributed by atoms with Crippen molar-refractivity contribution in [3.8, 4) is 0 Å². The third-order valence-electron chi connectivity index (χ3n) is 2.64. The van der Waals surface area contributed by atoms with Crippen LogP contribution in [0.2, 0.25) is 0 Å². The van der Waals surface area contributed by atoms with Crippen molar-refractivity contribution >= 4 is 27.9 Å². The fraction of sp³-hybridized carbons (Fsp3) is 0.900. The SMILES string of the molecule is COC(=O)CCN(C)S(=O)(=O)N(C)C(C)CSC. The van der Waals surface area contributed by atoms with Crippen LogP contribution in [-0.4, -0.2) is 68.8 Å². The number of nitrogens with zero attached hydrogens (tertiary/aromatic N) is 2. The highest BCUT2D eigenvalue weighted by Crippen LogP contribution is 2.12. The largest absolute Gasteiger partial charge is 0.469 e. The number of rotatable bonds is 8. The van der Waals surface area contributed by atoms with Gasteiger partial charge in [0, 0.05) is 32.4 Å². The molecule has 0 fully saturated rings. The Balaban J connectivity index is 4.56. The molecule has 1 atom stereocenters.